The van der Waals surface area contributed by atoms with Crippen molar-refractivity contribution in [1.29, 1.82) is 0 Å². The molecule has 0 bridgehead atoms. The molecule has 0 fully saturated rings. The minimum Gasteiger partial charge on any atom is -0.356 e. The maximum atomic E-state index is 11.8. The monoisotopic (exact) mass is 293 g/mol. The first-order valence-corrected chi connectivity index (χ1v) is 7.43. The molecule has 0 aliphatic heterocycles. The van der Waals surface area contributed by atoms with Gasteiger partial charge in [0, 0.05) is 26.0 Å². The van der Waals surface area contributed by atoms with Gasteiger partial charge in [-0.2, -0.15) is 0 Å². The third kappa shape index (κ3) is 3.46. The summed E-state index contributed by atoms with van der Waals surface area (Å²) in [6, 6.07) is 7.79. The van der Waals surface area contributed by atoms with Crippen LogP contribution in [0.2, 0.25) is 0 Å². The van der Waals surface area contributed by atoms with Crippen molar-refractivity contribution in [2.75, 3.05) is 0 Å². The number of hydrogen-bond donors (Lipinski definition) is 2. The number of primary sulfonamides is 1. The molecule has 1 amide bonds. The number of amides is 1. The average Bonchev–Trinajstić information content (AvgIpc) is 2.82. The van der Waals surface area contributed by atoms with Crippen molar-refractivity contribution in [2.45, 2.75) is 11.4 Å². The number of aryl methyl sites for hydroxylation is 1. The van der Waals surface area contributed by atoms with E-state index in [-0.39, 0.29) is 10.8 Å². The van der Waals surface area contributed by atoms with E-state index in [9.17, 15) is 13.2 Å². The van der Waals surface area contributed by atoms with E-state index in [1.807, 2.05) is 7.05 Å². The zero-order chi connectivity index (χ0) is 14.8. The van der Waals surface area contributed by atoms with Gasteiger partial charge < -0.3 is 9.88 Å². The Bertz CT molecular complexity index is 718. The second-order valence-electron chi connectivity index (χ2n) is 4.44. The first-order valence-electron chi connectivity index (χ1n) is 5.88. The summed E-state index contributed by atoms with van der Waals surface area (Å²) in [7, 11) is -1.85. The summed E-state index contributed by atoms with van der Waals surface area (Å²) >= 11 is 0. The van der Waals surface area contributed by atoms with Crippen LogP contribution in [0.25, 0.3) is 0 Å². The number of benzene rings is 1. The summed E-state index contributed by atoms with van der Waals surface area (Å²) in [6.07, 6.45) is 3.51. The number of carbonyl (C=O) groups excluding carboxylic acids is 1. The summed E-state index contributed by atoms with van der Waals surface area (Å²) in [6.45, 7) is 0.318. The van der Waals surface area contributed by atoms with Crippen LogP contribution in [0.3, 0.4) is 0 Å². The number of sulfonamides is 1. The molecule has 2 rings (SSSR count). The van der Waals surface area contributed by atoms with Crippen LogP contribution in [0, 0.1) is 0 Å². The highest BCUT2D eigenvalue weighted by Crippen LogP contribution is 2.09. The molecule has 1 aromatic heterocycles. The van der Waals surface area contributed by atoms with Crippen LogP contribution in [0.4, 0.5) is 0 Å². The SMILES string of the molecule is Cn1ccc(C(=O)NCc2ccc(S(N)(=O)=O)cc2)c1. The van der Waals surface area contributed by atoms with Gasteiger partial charge in [0.25, 0.3) is 5.91 Å². The molecular weight excluding hydrogens is 278 g/mol. The van der Waals surface area contributed by atoms with Gasteiger partial charge in [0.2, 0.25) is 10.0 Å². The molecule has 6 nitrogen and oxygen atoms in total. The molecule has 0 atom stereocenters. The zero-order valence-electron chi connectivity index (χ0n) is 10.9. The minimum absolute atomic E-state index is 0.0515. The van der Waals surface area contributed by atoms with Crippen LogP contribution in [-0.4, -0.2) is 18.9 Å². The van der Waals surface area contributed by atoms with Gasteiger partial charge in [-0.25, -0.2) is 13.6 Å². The fraction of sp³-hybridized carbons (Fsp3) is 0.154. The van der Waals surface area contributed by atoms with Crippen LogP contribution in [-0.2, 0) is 23.6 Å². The lowest BCUT2D eigenvalue weighted by atomic mass is 10.2. The van der Waals surface area contributed by atoms with E-state index in [2.05, 4.69) is 5.32 Å². The average molecular weight is 293 g/mol. The van der Waals surface area contributed by atoms with E-state index < -0.39 is 10.0 Å². The van der Waals surface area contributed by atoms with Gasteiger partial charge in [-0.05, 0) is 23.8 Å². The summed E-state index contributed by atoms with van der Waals surface area (Å²) < 4.78 is 24.0. The summed E-state index contributed by atoms with van der Waals surface area (Å²) in [5.74, 6) is -0.180. The standard InChI is InChI=1S/C13H15N3O3S/c1-16-7-6-11(9-16)13(17)15-8-10-2-4-12(5-3-10)20(14,18)19/h2-7,9H,8H2,1H3,(H,15,17)(H2,14,18,19). The van der Waals surface area contributed by atoms with E-state index in [1.165, 1.54) is 12.1 Å². The predicted octanol–water partition coefficient (Wildman–Crippen LogP) is 0.602. The molecule has 0 radical (unpaired) electrons. The molecule has 1 heterocycles. The topological polar surface area (TPSA) is 94.2 Å². The van der Waals surface area contributed by atoms with Crippen molar-refractivity contribution in [3.8, 4) is 0 Å². The predicted molar refractivity (Wildman–Crippen MR) is 74.4 cm³/mol. The van der Waals surface area contributed by atoms with E-state index in [0.29, 0.717) is 12.1 Å². The molecule has 20 heavy (non-hydrogen) atoms. The molecule has 3 N–H and O–H groups in total. The largest absolute Gasteiger partial charge is 0.356 e. The van der Waals surface area contributed by atoms with Gasteiger partial charge in [-0.15, -0.1) is 0 Å². The van der Waals surface area contributed by atoms with Gasteiger partial charge in [0.1, 0.15) is 0 Å². The lowest BCUT2D eigenvalue weighted by Gasteiger charge is -2.05. The van der Waals surface area contributed by atoms with E-state index in [0.717, 1.165) is 5.56 Å². The number of hydrogen-bond acceptors (Lipinski definition) is 3. The molecule has 0 saturated heterocycles. The van der Waals surface area contributed by atoms with Crippen molar-refractivity contribution >= 4 is 15.9 Å². The van der Waals surface area contributed by atoms with Gasteiger partial charge >= 0.3 is 0 Å². The van der Waals surface area contributed by atoms with E-state index in [4.69, 9.17) is 5.14 Å². The second-order valence-corrected chi connectivity index (χ2v) is 6.00. The Balaban J connectivity index is 1.99. The van der Waals surface area contributed by atoms with Crippen LogP contribution >= 0.6 is 0 Å². The number of nitrogens with one attached hydrogen (secondary N) is 1. The quantitative estimate of drug-likeness (QED) is 0.864. The van der Waals surface area contributed by atoms with Gasteiger partial charge in [0.05, 0.1) is 10.5 Å². The summed E-state index contributed by atoms with van der Waals surface area (Å²) in [4.78, 5) is 11.9. The summed E-state index contributed by atoms with van der Waals surface area (Å²) in [5.41, 5.74) is 1.37. The van der Waals surface area contributed by atoms with Crippen molar-refractivity contribution in [1.82, 2.24) is 9.88 Å². The Morgan fingerprint density at radius 3 is 2.40 bits per heavy atom. The molecule has 1 aromatic carbocycles. The van der Waals surface area contributed by atoms with Gasteiger partial charge in [-0.3, -0.25) is 4.79 Å². The van der Waals surface area contributed by atoms with Crippen LogP contribution in [0.15, 0.2) is 47.6 Å². The molecule has 0 spiro atoms. The number of nitrogens with two attached hydrogens (primary N) is 1. The molecule has 0 aliphatic carbocycles. The fourth-order valence-electron chi connectivity index (χ4n) is 1.72. The lowest BCUT2D eigenvalue weighted by Crippen LogP contribution is -2.22. The smallest absolute Gasteiger partial charge is 0.253 e. The Kier molecular flexibility index (Phi) is 3.91. The molecule has 0 unspecified atom stereocenters. The van der Waals surface area contributed by atoms with Gasteiger partial charge in [-0.1, -0.05) is 12.1 Å². The lowest BCUT2D eigenvalue weighted by molar-refractivity contribution is 0.0951. The number of rotatable bonds is 4. The molecular formula is C13H15N3O3S. The minimum atomic E-state index is -3.68. The number of nitrogens with zero attached hydrogens (tertiary/aromatic N) is 1. The van der Waals surface area contributed by atoms with E-state index in [1.54, 1.807) is 35.2 Å². The highest BCUT2D eigenvalue weighted by Gasteiger charge is 2.08. The Hall–Kier alpha value is -2.12. The zero-order valence-corrected chi connectivity index (χ0v) is 11.7. The fourth-order valence-corrected chi connectivity index (χ4v) is 2.23. The van der Waals surface area contributed by atoms with Crippen LogP contribution < -0.4 is 10.5 Å². The van der Waals surface area contributed by atoms with Crippen molar-refractivity contribution < 1.29 is 13.2 Å². The van der Waals surface area contributed by atoms with Crippen LogP contribution in [0.1, 0.15) is 15.9 Å². The third-order valence-corrected chi connectivity index (χ3v) is 3.73. The van der Waals surface area contributed by atoms with Crippen molar-refractivity contribution in [3.63, 3.8) is 0 Å². The Morgan fingerprint density at radius 2 is 1.90 bits per heavy atom. The first-order chi connectivity index (χ1) is 9.36. The summed E-state index contributed by atoms with van der Waals surface area (Å²) in [5, 5.41) is 7.76. The molecule has 0 saturated carbocycles. The molecule has 0 aliphatic rings. The maximum absolute atomic E-state index is 11.8. The number of aromatic nitrogens is 1. The Morgan fingerprint density at radius 1 is 1.25 bits per heavy atom. The maximum Gasteiger partial charge on any atom is 0.253 e. The normalized spacial score (nSPS) is 11.3. The Labute approximate surface area is 117 Å². The van der Waals surface area contributed by atoms with Crippen molar-refractivity contribution in [3.05, 3.63) is 53.9 Å². The highest BCUT2D eigenvalue weighted by atomic mass is 32.2. The highest BCUT2D eigenvalue weighted by molar-refractivity contribution is 7.89. The number of carbonyl (C=O) groups is 1. The van der Waals surface area contributed by atoms with Gasteiger partial charge in [0.15, 0.2) is 0 Å². The van der Waals surface area contributed by atoms with Crippen molar-refractivity contribution in [2.24, 2.45) is 12.2 Å². The molecule has 106 valence electrons. The molecule has 2 aromatic rings. The third-order valence-electron chi connectivity index (χ3n) is 2.80. The van der Waals surface area contributed by atoms with Crippen LogP contribution in [0.5, 0.6) is 0 Å². The molecule has 7 heteroatoms. The second kappa shape index (κ2) is 5.48. The first kappa shape index (κ1) is 14.3. The van der Waals surface area contributed by atoms with E-state index >= 15 is 0 Å².